The third kappa shape index (κ3) is 8.01. The van der Waals surface area contributed by atoms with Crippen molar-refractivity contribution in [2.75, 3.05) is 13.6 Å². The smallest absolute Gasteiger partial charge is 0.314 e. The number of carbonyl (C=O) groups excluding carboxylic acids is 1. The first kappa shape index (κ1) is 14.7. The Morgan fingerprint density at radius 2 is 1.88 bits per heavy atom. The number of carboxylic acids is 1. The maximum Gasteiger partial charge on any atom is 0.314 e. The molecule has 0 fully saturated rings. The van der Waals surface area contributed by atoms with Crippen LogP contribution in [-0.4, -0.2) is 53.1 Å². The summed E-state index contributed by atoms with van der Waals surface area (Å²) in [5.74, 6) is -1.11. The van der Waals surface area contributed by atoms with Crippen LogP contribution in [0.25, 0.3) is 0 Å². The van der Waals surface area contributed by atoms with E-state index in [1.807, 2.05) is 0 Å². The topological polar surface area (TPSA) is 119 Å². The fourth-order valence-electron chi connectivity index (χ4n) is 1.16. The van der Waals surface area contributed by atoms with E-state index in [1.165, 1.54) is 7.05 Å². The molecule has 0 aliphatic rings. The second-order valence-corrected chi connectivity index (χ2v) is 3.44. The molecule has 0 aliphatic carbocycles. The number of aliphatic hydroxyl groups is 2. The van der Waals surface area contributed by atoms with Crippen LogP contribution in [0.2, 0.25) is 0 Å². The van der Waals surface area contributed by atoms with Gasteiger partial charge in [0.05, 0.1) is 18.6 Å². The molecule has 16 heavy (non-hydrogen) atoms. The number of amides is 2. The van der Waals surface area contributed by atoms with Crippen LogP contribution in [0.1, 0.15) is 19.3 Å². The zero-order valence-corrected chi connectivity index (χ0v) is 9.14. The highest BCUT2D eigenvalue weighted by Gasteiger charge is 2.14. The summed E-state index contributed by atoms with van der Waals surface area (Å²) in [7, 11) is 1.47. The molecule has 0 saturated heterocycles. The first-order valence-corrected chi connectivity index (χ1v) is 4.99. The molecule has 0 aromatic carbocycles. The molecule has 2 amide bonds. The number of hydrogen-bond acceptors (Lipinski definition) is 4. The molecule has 0 aromatic heterocycles. The van der Waals surface area contributed by atoms with E-state index >= 15 is 0 Å². The Labute approximate surface area is 93.5 Å². The Hall–Kier alpha value is -1.34. The second kappa shape index (κ2) is 7.89. The van der Waals surface area contributed by atoms with Crippen molar-refractivity contribution in [3.05, 3.63) is 0 Å². The Bertz CT molecular complexity index is 234. The molecular formula is C9H18N2O5. The number of urea groups is 1. The second-order valence-electron chi connectivity index (χ2n) is 3.44. The summed E-state index contributed by atoms with van der Waals surface area (Å²) in [5.41, 5.74) is 0. The van der Waals surface area contributed by atoms with Crippen molar-refractivity contribution in [2.24, 2.45) is 0 Å². The van der Waals surface area contributed by atoms with E-state index in [0.29, 0.717) is 0 Å². The van der Waals surface area contributed by atoms with E-state index in [2.05, 4.69) is 10.6 Å². The number of carboxylic acid groups (broad SMARTS) is 1. The molecule has 2 atom stereocenters. The number of rotatable bonds is 7. The van der Waals surface area contributed by atoms with Crippen LogP contribution in [0, 0.1) is 0 Å². The molecule has 94 valence electrons. The van der Waals surface area contributed by atoms with E-state index in [9.17, 15) is 19.8 Å². The average Bonchev–Trinajstić information content (AvgIpc) is 2.15. The molecule has 0 spiro atoms. The van der Waals surface area contributed by atoms with Crippen molar-refractivity contribution in [2.45, 2.75) is 31.5 Å². The molecule has 0 heterocycles. The summed E-state index contributed by atoms with van der Waals surface area (Å²) in [6.45, 7) is 0.265. The third-order valence-electron chi connectivity index (χ3n) is 1.94. The zero-order valence-electron chi connectivity index (χ0n) is 9.14. The van der Waals surface area contributed by atoms with Crippen LogP contribution in [0.4, 0.5) is 4.79 Å². The van der Waals surface area contributed by atoms with Crippen LogP contribution in [-0.2, 0) is 4.79 Å². The van der Waals surface area contributed by atoms with Gasteiger partial charge >= 0.3 is 12.0 Å². The minimum atomic E-state index is -1.11. The SMILES string of the molecule is CNC(=O)NCC[C@@H](O)C[C@@H](O)CC(=O)O. The highest BCUT2D eigenvalue weighted by Crippen LogP contribution is 2.05. The van der Waals surface area contributed by atoms with Crippen LogP contribution in [0.5, 0.6) is 0 Å². The van der Waals surface area contributed by atoms with Crippen molar-refractivity contribution < 1.29 is 24.9 Å². The van der Waals surface area contributed by atoms with Crippen LogP contribution < -0.4 is 10.6 Å². The number of nitrogens with one attached hydrogen (secondary N) is 2. The van der Waals surface area contributed by atoms with Gasteiger partial charge in [-0.05, 0) is 12.8 Å². The van der Waals surface area contributed by atoms with E-state index in [0.717, 1.165) is 0 Å². The Balaban J connectivity index is 3.61. The minimum Gasteiger partial charge on any atom is -0.481 e. The van der Waals surface area contributed by atoms with Gasteiger partial charge in [0, 0.05) is 13.6 Å². The predicted molar refractivity (Wildman–Crippen MR) is 56.0 cm³/mol. The van der Waals surface area contributed by atoms with E-state index in [4.69, 9.17) is 5.11 Å². The largest absolute Gasteiger partial charge is 0.481 e. The molecular weight excluding hydrogens is 216 g/mol. The average molecular weight is 234 g/mol. The van der Waals surface area contributed by atoms with Crippen molar-refractivity contribution in [3.63, 3.8) is 0 Å². The number of aliphatic carboxylic acids is 1. The monoisotopic (exact) mass is 234 g/mol. The first-order valence-electron chi connectivity index (χ1n) is 4.99. The number of aliphatic hydroxyl groups excluding tert-OH is 2. The lowest BCUT2D eigenvalue weighted by Crippen LogP contribution is -2.35. The van der Waals surface area contributed by atoms with Gasteiger partial charge in [0.25, 0.3) is 0 Å². The molecule has 0 aromatic rings. The first-order chi connectivity index (χ1) is 7.45. The standard InChI is InChI=1S/C9H18N2O5/c1-10-9(16)11-3-2-6(12)4-7(13)5-8(14)15/h6-7,12-13H,2-5H2,1H3,(H,14,15)(H2,10,11,16)/t6-,7-/m1/s1. The number of carbonyl (C=O) groups is 2. The summed E-state index contributed by atoms with van der Waals surface area (Å²) < 4.78 is 0. The van der Waals surface area contributed by atoms with Crippen molar-refractivity contribution in [3.8, 4) is 0 Å². The molecule has 0 rings (SSSR count). The van der Waals surface area contributed by atoms with Gasteiger partial charge in [0.15, 0.2) is 0 Å². The maximum atomic E-state index is 10.7. The number of hydrogen-bond donors (Lipinski definition) is 5. The highest BCUT2D eigenvalue weighted by atomic mass is 16.4. The van der Waals surface area contributed by atoms with Crippen LogP contribution in [0.3, 0.4) is 0 Å². The summed E-state index contributed by atoms with van der Waals surface area (Å²) in [6.07, 6.45) is -2.02. The lowest BCUT2D eigenvalue weighted by molar-refractivity contribution is -0.139. The summed E-state index contributed by atoms with van der Waals surface area (Å²) in [6, 6.07) is -0.349. The Kier molecular flexibility index (Phi) is 7.23. The van der Waals surface area contributed by atoms with Gasteiger partial charge in [-0.15, -0.1) is 0 Å². The summed E-state index contributed by atoms with van der Waals surface area (Å²) in [5, 5.41) is 31.8. The Morgan fingerprint density at radius 1 is 1.25 bits per heavy atom. The molecule has 0 unspecified atom stereocenters. The van der Waals surface area contributed by atoms with Crippen molar-refractivity contribution in [1.82, 2.24) is 10.6 Å². The van der Waals surface area contributed by atoms with Gasteiger partial charge in [-0.3, -0.25) is 4.79 Å². The van der Waals surface area contributed by atoms with Gasteiger partial charge in [-0.2, -0.15) is 0 Å². The molecule has 5 N–H and O–H groups in total. The summed E-state index contributed by atoms with van der Waals surface area (Å²) >= 11 is 0. The Morgan fingerprint density at radius 3 is 2.38 bits per heavy atom. The quantitative estimate of drug-likeness (QED) is 0.383. The maximum absolute atomic E-state index is 10.7. The van der Waals surface area contributed by atoms with Gasteiger partial charge in [0.2, 0.25) is 0 Å². The lowest BCUT2D eigenvalue weighted by atomic mass is 10.1. The molecule has 0 saturated carbocycles. The lowest BCUT2D eigenvalue weighted by Gasteiger charge is -2.14. The van der Waals surface area contributed by atoms with Gasteiger partial charge in [-0.1, -0.05) is 0 Å². The highest BCUT2D eigenvalue weighted by molar-refractivity contribution is 5.73. The van der Waals surface area contributed by atoms with Gasteiger partial charge in [-0.25, -0.2) is 4.79 Å². The zero-order chi connectivity index (χ0) is 12.6. The van der Waals surface area contributed by atoms with E-state index in [-0.39, 0.29) is 31.8 Å². The van der Waals surface area contributed by atoms with Crippen LogP contribution >= 0.6 is 0 Å². The summed E-state index contributed by atoms with van der Waals surface area (Å²) in [4.78, 5) is 21.0. The van der Waals surface area contributed by atoms with Gasteiger partial charge < -0.3 is 26.0 Å². The third-order valence-corrected chi connectivity index (χ3v) is 1.94. The fraction of sp³-hybridized carbons (Fsp3) is 0.778. The van der Waals surface area contributed by atoms with E-state index in [1.54, 1.807) is 0 Å². The molecule has 7 nitrogen and oxygen atoms in total. The molecule has 0 aliphatic heterocycles. The molecule has 0 radical (unpaired) electrons. The van der Waals surface area contributed by atoms with Gasteiger partial charge in [0.1, 0.15) is 0 Å². The normalized spacial score (nSPS) is 13.9. The molecule has 0 bridgehead atoms. The predicted octanol–water partition coefficient (Wildman–Crippen LogP) is -1.11. The van der Waals surface area contributed by atoms with Crippen molar-refractivity contribution >= 4 is 12.0 Å². The van der Waals surface area contributed by atoms with Crippen molar-refractivity contribution in [1.29, 1.82) is 0 Å². The molecule has 7 heteroatoms. The minimum absolute atomic E-state index is 0.0122. The fourth-order valence-corrected chi connectivity index (χ4v) is 1.16. The van der Waals surface area contributed by atoms with Crippen LogP contribution in [0.15, 0.2) is 0 Å². The van der Waals surface area contributed by atoms with E-state index < -0.39 is 18.2 Å².